The Bertz CT molecular complexity index is 1030. The summed E-state index contributed by atoms with van der Waals surface area (Å²) >= 11 is 0. The number of benzene rings is 2. The lowest BCUT2D eigenvalue weighted by molar-refractivity contribution is 0.172. The topological polar surface area (TPSA) is 47.6 Å². The van der Waals surface area contributed by atoms with Crippen LogP contribution >= 0.6 is 0 Å². The minimum absolute atomic E-state index is 0.164. The third-order valence-electron chi connectivity index (χ3n) is 7.17. The molecular weight excluding hydrogens is 393 g/mol. The standard InChI is InChI=1S/C26H28FNO3/c1-30-23-8-9-24(27)21(14-23)5-3-17-2-4-19-13-20(7-6-18(19)12-17)22-10-11-26(15-22)16-31-25(29)28-26/h3,5-9,13-14,17,22H,2,4,10-12,15-16H2,1H3,(H,28,29)/b5-3+/t17-,22-,26+/m0/s1. The van der Waals surface area contributed by atoms with Crippen molar-refractivity contribution in [2.45, 2.75) is 50.0 Å². The van der Waals surface area contributed by atoms with Gasteiger partial charge in [-0.05, 0) is 85.3 Å². The molecule has 0 bridgehead atoms. The zero-order chi connectivity index (χ0) is 21.4. The van der Waals surface area contributed by atoms with Crippen molar-refractivity contribution in [2.24, 2.45) is 5.92 Å². The van der Waals surface area contributed by atoms with Crippen molar-refractivity contribution in [3.05, 3.63) is 70.5 Å². The number of ether oxygens (including phenoxy) is 2. The molecule has 3 atom stereocenters. The molecule has 5 heteroatoms. The quantitative estimate of drug-likeness (QED) is 0.719. The van der Waals surface area contributed by atoms with E-state index in [2.05, 4.69) is 29.6 Å². The van der Waals surface area contributed by atoms with E-state index < -0.39 is 0 Å². The molecule has 1 saturated carbocycles. The summed E-state index contributed by atoms with van der Waals surface area (Å²) in [7, 11) is 1.59. The van der Waals surface area contributed by atoms with Crippen molar-refractivity contribution in [1.82, 2.24) is 5.32 Å². The van der Waals surface area contributed by atoms with Gasteiger partial charge in [0.25, 0.3) is 0 Å². The third kappa shape index (κ3) is 4.06. The van der Waals surface area contributed by atoms with Crippen LogP contribution in [-0.4, -0.2) is 25.3 Å². The van der Waals surface area contributed by atoms with Crippen LogP contribution in [-0.2, 0) is 17.6 Å². The van der Waals surface area contributed by atoms with E-state index in [1.165, 1.54) is 22.8 Å². The van der Waals surface area contributed by atoms with Crippen LogP contribution in [0.3, 0.4) is 0 Å². The molecule has 2 aromatic rings. The van der Waals surface area contributed by atoms with Crippen LogP contribution < -0.4 is 10.1 Å². The molecule has 1 N–H and O–H groups in total. The van der Waals surface area contributed by atoms with Crippen LogP contribution in [0.2, 0.25) is 0 Å². The van der Waals surface area contributed by atoms with Crippen LogP contribution in [0, 0.1) is 11.7 Å². The zero-order valence-electron chi connectivity index (χ0n) is 17.8. The van der Waals surface area contributed by atoms with Crippen LogP contribution in [0.4, 0.5) is 9.18 Å². The Balaban J connectivity index is 1.26. The number of nitrogens with one attached hydrogen (secondary N) is 1. The van der Waals surface area contributed by atoms with Gasteiger partial charge in [0, 0.05) is 5.56 Å². The van der Waals surface area contributed by atoms with Crippen molar-refractivity contribution in [2.75, 3.05) is 13.7 Å². The SMILES string of the molecule is COc1ccc(F)c(/C=C/[C@@H]2CCc3cc([C@H]4CC[C@]5(COC(=O)N5)C4)ccc3C2)c1. The van der Waals surface area contributed by atoms with Gasteiger partial charge in [-0.25, -0.2) is 9.18 Å². The number of allylic oxidation sites excluding steroid dienone is 1. The van der Waals surface area contributed by atoms with E-state index in [1.54, 1.807) is 19.2 Å². The maximum absolute atomic E-state index is 14.1. The molecule has 1 heterocycles. The number of halogens is 1. The van der Waals surface area contributed by atoms with Gasteiger partial charge in [0.05, 0.1) is 12.6 Å². The van der Waals surface area contributed by atoms with Gasteiger partial charge < -0.3 is 14.8 Å². The number of hydrogen-bond donors (Lipinski definition) is 1. The first kappa shape index (κ1) is 20.1. The maximum Gasteiger partial charge on any atom is 0.407 e. The average molecular weight is 422 g/mol. The molecule has 0 unspecified atom stereocenters. The molecule has 0 radical (unpaired) electrons. The number of carbonyl (C=O) groups excluding carboxylic acids is 1. The van der Waals surface area contributed by atoms with E-state index in [9.17, 15) is 9.18 Å². The Hall–Kier alpha value is -2.82. The predicted octanol–water partition coefficient (Wildman–Crippen LogP) is 5.40. The summed E-state index contributed by atoms with van der Waals surface area (Å²) in [6, 6.07) is 11.7. The van der Waals surface area contributed by atoms with E-state index in [-0.39, 0.29) is 17.4 Å². The Morgan fingerprint density at radius 1 is 1.19 bits per heavy atom. The summed E-state index contributed by atoms with van der Waals surface area (Å²) in [6.45, 7) is 0.495. The number of fused-ring (bicyclic) bond motifs is 1. The second kappa shape index (κ2) is 8.03. The number of cyclic esters (lactones) is 1. The van der Waals surface area contributed by atoms with Gasteiger partial charge in [0.2, 0.25) is 0 Å². The molecule has 1 spiro atoms. The first-order valence-electron chi connectivity index (χ1n) is 11.1. The molecular formula is C26H28FNO3. The number of aryl methyl sites for hydroxylation is 1. The summed E-state index contributed by atoms with van der Waals surface area (Å²) in [4.78, 5) is 11.5. The van der Waals surface area contributed by atoms with E-state index in [0.29, 0.717) is 29.8 Å². The average Bonchev–Trinajstić information content (AvgIpc) is 3.37. The number of hydrogen-bond acceptors (Lipinski definition) is 3. The fourth-order valence-corrected chi connectivity index (χ4v) is 5.39. The summed E-state index contributed by atoms with van der Waals surface area (Å²) in [5, 5.41) is 3.03. The largest absolute Gasteiger partial charge is 0.497 e. The molecule has 2 aliphatic carbocycles. The fourth-order valence-electron chi connectivity index (χ4n) is 5.39. The molecule has 5 rings (SSSR count). The lowest BCUT2D eigenvalue weighted by Crippen LogP contribution is -2.40. The number of alkyl carbamates (subject to hydrolysis) is 1. The molecule has 1 saturated heterocycles. The molecule has 31 heavy (non-hydrogen) atoms. The highest BCUT2D eigenvalue weighted by molar-refractivity contribution is 5.71. The molecule has 4 nitrogen and oxygen atoms in total. The molecule has 1 aliphatic heterocycles. The van der Waals surface area contributed by atoms with Gasteiger partial charge in [-0.3, -0.25) is 0 Å². The summed E-state index contributed by atoms with van der Waals surface area (Å²) in [5.41, 5.74) is 4.61. The van der Waals surface area contributed by atoms with E-state index >= 15 is 0 Å². The summed E-state index contributed by atoms with van der Waals surface area (Å²) in [6.07, 6.45) is 9.85. The van der Waals surface area contributed by atoms with Gasteiger partial charge in [-0.15, -0.1) is 0 Å². The van der Waals surface area contributed by atoms with Crippen LogP contribution in [0.5, 0.6) is 5.75 Å². The van der Waals surface area contributed by atoms with Crippen molar-refractivity contribution in [1.29, 1.82) is 0 Å². The minimum atomic E-state index is -0.279. The molecule has 0 aromatic heterocycles. The Morgan fingerprint density at radius 2 is 2.10 bits per heavy atom. The Kier molecular flexibility index (Phi) is 5.20. The first-order chi connectivity index (χ1) is 15.0. The lowest BCUT2D eigenvalue weighted by Gasteiger charge is -2.24. The lowest BCUT2D eigenvalue weighted by atomic mass is 9.81. The number of methoxy groups -OCH3 is 1. The Morgan fingerprint density at radius 3 is 2.90 bits per heavy atom. The highest BCUT2D eigenvalue weighted by Crippen LogP contribution is 2.43. The van der Waals surface area contributed by atoms with Gasteiger partial charge in [-0.1, -0.05) is 30.4 Å². The van der Waals surface area contributed by atoms with Crippen LogP contribution in [0.15, 0.2) is 42.5 Å². The predicted molar refractivity (Wildman–Crippen MR) is 118 cm³/mol. The van der Waals surface area contributed by atoms with Crippen molar-refractivity contribution >= 4 is 12.2 Å². The Labute approximate surface area is 182 Å². The first-order valence-corrected chi connectivity index (χ1v) is 11.1. The fraction of sp³-hybridized carbons (Fsp3) is 0.423. The highest BCUT2D eigenvalue weighted by Gasteiger charge is 2.46. The minimum Gasteiger partial charge on any atom is -0.497 e. The summed E-state index contributed by atoms with van der Waals surface area (Å²) in [5.74, 6) is 1.32. The van der Waals surface area contributed by atoms with E-state index in [4.69, 9.17) is 9.47 Å². The summed E-state index contributed by atoms with van der Waals surface area (Å²) < 4.78 is 24.5. The van der Waals surface area contributed by atoms with Crippen molar-refractivity contribution in [3.8, 4) is 5.75 Å². The molecule has 3 aliphatic rings. The second-order valence-electron chi connectivity index (χ2n) is 9.20. The van der Waals surface area contributed by atoms with E-state index in [0.717, 1.165) is 38.5 Å². The second-order valence-corrected chi connectivity index (χ2v) is 9.20. The molecule has 162 valence electrons. The number of amides is 1. The van der Waals surface area contributed by atoms with E-state index in [1.807, 2.05) is 6.08 Å². The molecule has 1 amide bonds. The molecule has 2 fully saturated rings. The smallest absolute Gasteiger partial charge is 0.407 e. The zero-order valence-corrected chi connectivity index (χ0v) is 17.8. The maximum atomic E-state index is 14.1. The molecule has 2 aromatic carbocycles. The van der Waals surface area contributed by atoms with Gasteiger partial charge in [0.1, 0.15) is 18.2 Å². The third-order valence-corrected chi connectivity index (χ3v) is 7.17. The van der Waals surface area contributed by atoms with Gasteiger partial charge in [0.15, 0.2) is 0 Å². The van der Waals surface area contributed by atoms with Crippen molar-refractivity contribution < 1.29 is 18.7 Å². The number of carbonyl (C=O) groups is 1. The van der Waals surface area contributed by atoms with Crippen LogP contribution in [0.1, 0.15) is 53.9 Å². The number of rotatable bonds is 4. The van der Waals surface area contributed by atoms with Gasteiger partial charge >= 0.3 is 6.09 Å². The van der Waals surface area contributed by atoms with Crippen molar-refractivity contribution in [3.63, 3.8) is 0 Å². The van der Waals surface area contributed by atoms with Gasteiger partial charge in [-0.2, -0.15) is 0 Å². The monoisotopic (exact) mass is 421 g/mol. The highest BCUT2D eigenvalue weighted by atomic mass is 19.1. The van der Waals surface area contributed by atoms with Crippen LogP contribution in [0.25, 0.3) is 6.08 Å². The normalized spacial score (nSPS) is 27.4.